The topological polar surface area (TPSA) is 126 Å². The second-order valence-electron chi connectivity index (χ2n) is 13.4. The molecule has 8 rings (SSSR count). The lowest BCUT2D eigenvalue weighted by atomic mass is 9.97. The molecule has 0 spiro atoms. The average molecular weight is 708 g/mol. The highest BCUT2D eigenvalue weighted by atomic mass is 16.7. The van der Waals surface area contributed by atoms with Gasteiger partial charge < -0.3 is 24.8 Å². The van der Waals surface area contributed by atoms with Gasteiger partial charge in [-0.25, -0.2) is 15.0 Å². The molecule has 11 nitrogen and oxygen atoms in total. The summed E-state index contributed by atoms with van der Waals surface area (Å²) in [7, 11) is 0. The number of para-hydroxylation sites is 2. The molecule has 0 bridgehead atoms. The van der Waals surface area contributed by atoms with Crippen LogP contribution in [0.5, 0.6) is 0 Å². The van der Waals surface area contributed by atoms with E-state index in [9.17, 15) is 9.90 Å². The first kappa shape index (κ1) is 34.5. The number of ether oxygens (including phenoxy) is 2. The number of carbonyl (C=O) groups is 1. The number of aromatic nitrogens is 4. The number of hydrogen-bond donors (Lipinski definition) is 2. The number of amides is 1. The third-order valence-electron chi connectivity index (χ3n) is 9.92. The van der Waals surface area contributed by atoms with Gasteiger partial charge in [-0.1, -0.05) is 84.9 Å². The van der Waals surface area contributed by atoms with Crippen molar-refractivity contribution in [3.8, 4) is 11.1 Å². The highest BCUT2D eigenvalue weighted by Crippen LogP contribution is 2.39. The van der Waals surface area contributed by atoms with Gasteiger partial charge in [0.05, 0.1) is 36.0 Å². The Morgan fingerprint density at radius 3 is 2.26 bits per heavy atom. The van der Waals surface area contributed by atoms with Crippen LogP contribution in [0, 0.1) is 0 Å². The molecular formula is C42H41N7O4. The summed E-state index contributed by atoms with van der Waals surface area (Å²) in [5.74, 6) is 0.495. The highest BCUT2D eigenvalue weighted by molar-refractivity contribution is 5.93. The van der Waals surface area contributed by atoms with Gasteiger partial charge in [0.2, 0.25) is 5.95 Å². The molecule has 0 saturated carbocycles. The summed E-state index contributed by atoms with van der Waals surface area (Å²) in [6.45, 7) is 4.62. The first-order valence-corrected chi connectivity index (χ1v) is 18.0. The summed E-state index contributed by atoms with van der Waals surface area (Å²) in [4.78, 5) is 35.5. The van der Waals surface area contributed by atoms with Crippen molar-refractivity contribution in [3.05, 3.63) is 150 Å². The number of rotatable bonds is 10. The zero-order chi connectivity index (χ0) is 36.0. The minimum Gasteiger partial charge on any atom is -0.392 e. The van der Waals surface area contributed by atoms with E-state index in [0.717, 1.165) is 84.0 Å². The van der Waals surface area contributed by atoms with Gasteiger partial charge in [0.1, 0.15) is 5.69 Å². The van der Waals surface area contributed by atoms with Gasteiger partial charge in [-0.2, -0.15) is 0 Å². The van der Waals surface area contributed by atoms with Crippen LogP contribution < -0.4 is 10.2 Å². The highest BCUT2D eigenvalue weighted by Gasteiger charge is 2.34. The van der Waals surface area contributed by atoms with Crippen LogP contribution in [0.1, 0.15) is 51.6 Å². The van der Waals surface area contributed by atoms with E-state index >= 15 is 0 Å². The molecule has 2 fully saturated rings. The van der Waals surface area contributed by atoms with Crippen LogP contribution in [-0.4, -0.2) is 74.7 Å². The van der Waals surface area contributed by atoms with E-state index in [-0.39, 0.29) is 30.4 Å². The van der Waals surface area contributed by atoms with Crippen molar-refractivity contribution in [2.45, 2.75) is 38.1 Å². The Hall–Kier alpha value is -5.59. The Morgan fingerprint density at radius 2 is 1.49 bits per heavy atom. The lowest BCUT2D eigenvalue weighted by molar-refractivity contribution is -0.253. The van der Waals surface area contributed by atoms with Gasteiger partial charge in [-0.05, 0) is 46.0 Å². The quantitative estimate of drug-likeness (QED) is 0.178. The monoisotopic (exact) mass is 707 g/mol. The molecule has 2 aromatic heterocycles. The first-order chi connectivity index (χ1) is 26.1. The summed E-state index contributed by atoms with van der Waals surface area (Å²) in [6.07, 6.45) is 5.04. The van der Waals surface area contributed by atoms with E-state index in [4.69, 9.17) is 9.47 Å². The van der Waals surface area contributed by atoms with Gasteiger partial charge in [0.15, 0.2) is 6.29 Å². The second-order valence-corrected chi connectivity index (χ2v) is 13.4. The van der Waals surface area contributed by atoms with Crippen molar-refractivity contribution in [2.24, 2.45) is 0 Å². The Kier molecular flexibility index (Phi) is 10.4. The van der Waals surface area contributed by atoms with Crippen LogP contribution in [0.4, 0.5) is 5.95 Å². The molecule has 268 valence electrons. The molecule has 4 heterocycles. The summed E-state index contributed by atoms with van der Waals surface area (Å²) in [6, 6.07) is 33.7. The van der Waals surface area contributed by atoms with Gasteiger partial charge >= 0.3 is 0 Å². The molecule has 0 aliphatic carbocycles. The number of piperazine rings is 1. The molecule has 2 N–H and O–H groups in total. The van der Waals surface area contributed by atoms with E-state index < -0.39 is 6.29 Å². The van der Waals surface area contributed by atoms with E-state index in [1.165, 1.54) is 6.20 Å². The van der Waals surface area contributed by atoms with Crippen LogP contribution in [0.2, 0.25) is 0 Å². The average Bonchev–Trinajstić information content (AvgIpc) is 3.23. The number of fused-ring (bicyclic) bond motifs is 1. The van der Waals surface area contributed by atoms with Crippen molar-refractivity contribution in [3.63, 3.8) is 0 Å². The second kappa shape index (κ2) is 16.0. The minimum absolute atomic E-state index is 0.00114. The standard InChI is InChI=1S/C42H41N7O4/c50-28-29-10-12-31(13-11-29)39-24-34(27-48-20-22-49(23-21-48)42-43-18-5-19-44-42)52-41(53-39)32-16-14-30(15-17-32)35-7-2-1-6-33(35)25-46-40(51)38-26-45-36-8-3-4-9-37(36)47-38/h1-19,26,34,39,41,50H,20-25,27-28H2,(H,46,51)/t34-,39+,41+/m1/s1. The number of anilines is 1. The Morgan fingerprint density at radius 1 is 0.774 bits per heavy atom. The molecule has 6 aromatic rings. The summed E-state index contributed by atoms with van der Waals surface area (Å²) in [5.41, 5.74) is 7.60. The molecule has 1 amide bonds. The Labute approximate surface area is 308 Å². The first-order valence-electron chi connectivity index (χ1n) is 18.0. The van der Waals surface area contributed by atoms with Crippen LogP contribution in [0.3, 0.4) is 0 Å². The molecule has 0 radical (unpaired) electrons. The zero-order valence-electron chi connectivity index (χ0n) is 29.3. The molecular weight excluding hydrogens is 667 g/mol. The number of carbonyl (C=O) groups excluding carboxylic acids is 1. The Balaban J connectivity index is 0.960. The number of nitrogens with zero attached hydrogens (tertiary/aromatic N) is 6. The van der Waals surface area contributed by atoms with E-state index in [0.29, 0.717) is 12.1 Å². The largest absolute Gasteiger partial charge is 0.392 e. The minimum atomic E-state index is -0.554. The maximum Gasteiger partial charge on any atom is 0.271 e. The fraction of sp³-hybridized carbons (Fsp3) is 0.262. The van der Waals surface area contributed by atoms with Gasteiger partial charge in [-0.15, -0.1) is 0 Å². The lowest BCUT2D eigenvalue weighted by Gasteiger charge is -2.40. The third-order valence-corrected chi connectivity index (χ3v) is 9.92. The molecule has 2 aliphatic rings. The normalized spacial score (nSPS) is 19.3. The molecule has 11 heteroatoms. The van der Waals surface area contributed by atoms with Gasteiger partial charge in [0, 0.05) is 63.6 Å². The number of hydrogen-bond acceptors (Lipinski definition) is 10. The number of benzene rings is 4. The molecule has 2 saturated heterocycles. The third kappa shape index (κ3) is 8.08. The van der Waals surface area contributed by atoms with Crippen molar-refractivity contribution in [2.75, 3.05) is 37.6 Å². The molecule has 0 unspecified atom stereocenters. The molecule has 4 aromatic carbocycles. The fourth-order valence-corrected chi connectivity index (χ4v) is 7.01. The summed E-state index contributed by atoms with van der Waals surface area (Å²) < 4.78 is 13.3. The summed E-state index contributed by atoms with van der Waals surface area (Å²) in [5, 5.41) is 12.6. The SMILES string of the molecule is O=C(NCc1ccccc1-c1ccc([C@H]2O[C@@H](CN3CCN(c4ncccn4)CC3)C[C@@H](c3ccc(CO)cc3)O2)cc1)c1cnc2ccccc2n1. The Bertz CT molecular complexity index is 2140. The number of nitrogens with one attached hydrogen (secondary N) is 1. The van der Waals surface area contributed by atoms with Gasteiger partial charge in [-0.3, -0.25) is 14.7 Å². The van der Waals surface area contributed by atoms with E-state index in [1.807, 2.05) is 72.8 Å². The fourth-order valence-electron chi connectivity index (χ4n) is 7.01. The smallest absolute Gasteiger partial charge is 0.271 e. The van der Waals surface area contributed by atoms with Crippen molar-refractivity contribution >= 4 is 22.9 Å². The van der Waals surface area contributed by atoms with Crippen molar-refractivity contribution in [1.82, 2.24) is 30.2 Å². The predicted molar refractivity (Wildman–Crippen MR) is 202 cm³/mol. The molecule has 2 aliphatic heterocycles. The van der Waals surface area contributed by atoms with Crippen LogP contribution >= 0.6 is 0 Å². The molecule has 53 heavy (non-hydrogen) atoms. The van der Waals surface area contributed by atoms with E-state index in [2.05, 4.69) is 65.4 Å². The maximum absolute atomic E-state index is 13.1. The zero-order valence-corrected chi connectivity index (χ0v) is 29.3. The number of aliphatic hydroxyl groups is 1. The maximum atomic E-state index is 13.1. The van der Waals surface area contributed by atoms with Crippen LogP contribution in [0.15, 0.2) is 122 Å². The van der Waals surface area contributed by atoms with Gasteiger partial charge in [0.25, 0.3) is 5.91 Å². The van der Waals surface area contributed by atoms with Crippen LogP contribution in [0.25, 0.3) is 22.2 Å². The summed E-state index contributed by atoms with van der Waals surface area (Å²) >= 11 is 0. The molecule has 3 atom stereocenters. The van der Waals surface area contributed by atoms with Crippen LogP contribution in [-0.2, 0) is 22.6 Å². The van der Waals surface area contributed by atoms with Crippen molar-refractivity contribution in [1.29, 1.82) is 0 Å². The lowest BCUT2D eigenvalue weighted by Crippen LogP contribution is -2.50. The van der Waals surface area contributed by atoms with Crippen molar-refractivity contribution < 1.29 is 19.4 Å². The number of aliphatic hydroxyl groups excluding tert-OH is 1. The predicted octanol–water partition coefficient (Wildman–Crippen LogP) is 5.88. The van der Waals surface area contributed by atoms with E-state index in [1.54, 1.807) is 12.4 Å².